The zero-order chi connectivity index (χ0) is 25.3. The van der Waals surface area contributed by atoms with Crippen molar-refractivity contribution in [2.24, 2.45) is 12.5 Å². The maximum Gasteiger partial charge on any atom is 0.248 e. The summed E-state index contributed by atoms with van der Waals surface area (Å²) in [7, 11) is 1.82. The summed E-state index contributed by atoms with van der Waals surface area (Å²) in [4.78, 5) is 28.2. The molecule has 1 saturated carbocycles. The van der Waals surface area contributed by atoms with Crippen LogP contribution in [-0.4, -0.2) is 78.4 Å². The van der Waals surface area contributed by atoms with Crippen molar-refractivity contribution in [1.82, 2.24) is 35.0 Å². The third kappa shape index (κ3) is 5.83. The lowest BCUT2D eigenvalue weighted by Gasteiger charge is -2.34. The zero-order valence-electron chi connectivity index (χ0n) is 21.3. The molecule has 0 aromatic carbocycles. The van der Waals surface area contributed by atoms with Gasteiger partial charge in [-0.25, -0.2) is 9.36 Å². The van der Waals surface area contributed by atoms with Gasteiger partial charge in [0.1, 0.15) is 12.1 Å². The second-order valence-corrected chi connectivity index (χ2v) is 10.8. The van der Waals surface area contributed by atoms with Crippen molar-refractivity contribution in [2.45, 2.75) is 77.5 Å². The van der Waals surface area contributed by atoms with E-state index in [1.807, 2.05) is 47.0 Å². The van der Waals surface area contributed by atoms with Crippen molar-refractivity contribution in [3.63, 3.8) is 0 Å². The molecule has 3 atom stereocenters. The van der Waals surface area contributed by atoms with E-state index in [0.29, 0.717) is 31.4 Å². The fourth-order valence-corrected chi connectivity index (χ4v) is 4.63. The first-order chi connectivity index (χ1) is 16.5. The van der Waals surface area contributed by atoms with Crippen LogP contribution in [0.15, 0.2) is 12.3 Å². The Hall–Kier alpha value is -2.95. The van der Waals surface area contributed by atoms with Crippen molar-refractivity contribution >= 4 is 11.8 Å². The van der Waals surface area contributed by atoms with Crippen LogP contribution in [0.3, 0.4) is 0 Å². The summed E-state index contributed by atoms with van der Waals surface area (Å²) in [5.74, 6) is 0.612. The lowest BCUT2D eigenvalue weighted by Crippen LogP contribution is -2.50. The lowest BCUT2D eigenvalue weighted by molar-refractivity contribution is -0.144. The molecule has 192 valence electrons. The molecule has 0 bridgehead atoms. The Bertz CT molecular complexity index is 1050. The van der Waals surface area contributed by atoms with Crippen LogP contribution in [0.1, 0.15) is 69.8 Å². The molecule has 11 heteroatoms. The second kappa shape index (κ2) is 9.96. The Kier molecular flexibility index (Phi) is 7.16. The number of β-amino-alcohol motifs (C(OH)–C–C–N with tert-alkyl or cyclic N) is 1. The molecular weight excluding hydrogens is 450 g/mol. The van der Waals surface area contributed by atoms with Gasteiger partial charge >= 0.3 is 0 Å². The zero-order valence-corrected chi connectivity index (χ0v) is 21.3. The summed E-state index contributed by atoms with van der Waals surface area (Å²) in [5, 5.41) is 26.0. The van der Waals surface area contributed by atoms with Gasteiger partial charge in [0, 0.05) is 44.7 Å². The van der Waals surface area contributed by atoms with Gasteiger partial charge in [-0.3, -0.25) is 9.59 Å². The first-order valence-electron chi connectivity index (χ1n) is 12.4. The number of aliphatic hydroxyl groups is 1. The molecule has 2 aromatic rings. The number of likely N-dealkylation sites (tertiary alicyclic amines) is 1. The lowest BCUT2D eigenvalue weighted by atomic mass is 9.85. The molecule has 4 rings (SSSR count). The smallest absolute Gasteiger partial charge is 0.248 e. The monoisotopic (exact) mass is 487 g/mol. The third-order valence-corrected chi connectivity index (χ3v) is 6.54. The van der Waals surface area contributed by atoms with Gasteiger partial charge in [-0.1, -0.05) is 26.0 Å². The van der Waals surface area contributed by atoms with Gasteiger partial charge < -0.3 is 20.1 Å². The average molecular weight is 488 g/mol. The number of hydrogen-bond donors (Lipinski definition) is 2. The number of aryl methyl sites for hydroxylation is 2. The normalized spacial score (nSPS) is 21.3. The van der Waals surface area contributed by atoms with Gasteiger partial charge in [0.2, 0.25) is 17.7 Å². The predicted molar refractivity (Wildman–Crippen MR) is 128 cm³/mol. The summed E-state index contributed by atoms with van der Waals surface area (Å²) in [6.07, 6.45) is 4.12. The van der Waals surface area contributed by atoms with Gasteiger partial charge in [0.15, 0.2) is 0 Å². The van der Waals surface area contributed by atoms with Gasteiger partial charge in [0.25, 0.3) is 0 Å². The van der Waals surface area contributed by atoms with Crippen molar-refractivity contribution in [2.75, 3.05) is 19.7 Å². The van der Waals surface area contributed by atoms with Crippen molar-refractivity contribution in [3.05, 3.63) is 23.7 Å². The molecular formula is C24H37N7O4. The Morgan fingerprint density at radius 1 is 1.31 bits per heavy atom. The van der Waals surface area contributed by atoms with Crippen LogP contribution in [0.25, 0.3) is 0 Å². The predicted octanol–water partition coefficient (Wildman–Crippen LogP) is 1.33. The van der Waals surface area contributed by atoms with E-state index in [0.717, 1.165) is 24.2 Å². The number of aliphatic hydroxyl groups excluding tert-OH is 1. The summed E-state index contributed by atoms with van der Waals surface area (Å²) in [6.45, 7) is 8.77. The van der Waals surface area contributed by atoms with Crippen LogP contribution < -0.4 is 10.1 Å². The van der Waals surface area contributed by atoms with E-state index in [-0.39, 0.29) is 24.8 Å². The topological polar surface area (TPSA) is 127 Å². The third-order valence-electron chi connectivity index (χ3n) is 6.54. The largest absolute Gasteiger partial charge is 0.478 e. The minimum Gasteiger partial charge on any atom is -0.478 e. The molecule has 0 radical (unpaired) electrons. The maximum atomic E-state index is 13.7. The number of nitrogens with one attached hydrogen (secondary N) is 1. The molecule has 1 aliphatic carbocycles. The van der Waals surface area contributed by atoms with Crippen LogP contribution in [0.2, 0.25) is 0 Å². The summed E-state index contributed by atoms with van der Waals surface area (Å²) >= 11 is 0. The molecule has 0 unspecified atom stereocenters. The van der Waals surface area contributed by atoms with Crippen LogP contribution in [0.4, 0.5) is 0 Å². The summed E-state index contributed by atoms with van der Waals surface area (Å²) in [6, 6.07) is 0.504. The fourth-order valence-electron chi connectivity index (χ4n) is 4.63. The molecule has 2 amide bonds. The number of carbonyl (C=O) groups excluding carboxylic acids is 2. The Labute approximate surface area is 205 Å². The molecule has 2 aliphatic rings. The van der Waals surface area contributed by atoms with Gasteiger partial charge in [-0.2, -0.15) is 5.10 Å². The average Bonchev–Trinajstić information content (AvgIpc) is 3.23. The standard InChI is InChI=1S/C24H37N7O4/c1-15-11-20(29(5)27-15)35-10-6-9-25-22(33)19-12-17(32)13-30(19)23(34)21(24(2,3)4)31-14-18(26-28-31)16-7-8-16/h11,14,16-17,19,21,32H,6-10,12-13H2,1-5H3,(H,25,33)/t17-,19+,21-/m1/s1. The molecule has 3 heterocycles. The van der Waals surface area contributed by atoms with Gasteiger partial charge in [0.05, 0.1) is 24.1 Å². The number of ether oxygens (including phenoxy) is 1. The Balaban J connectivity index is 1.36. The number of rotatable bonds is 9. The molecule has 35 heavy (non-hydrogen) atoms. The highest BCUT2D eigenvalue weighted by Gasteiger charge is 2.45. The highest BCUT2D eigenvalue weighted by Crippen LogP contribution is 2.40. The molecule has 2 N–H and O–H groups in total. The number of amides is 2. The van der Waals surface area contributed by atoms with E-state index in [2.05, 4.69) is 20.7 Å². The van der Waals surface area contributed by atoms with Gasteiger partial charge in [-0.05, 0) is 31.6 Å². The highest BCUT2D eigenvalue weighted by molar-refractivity contribution is 5.90. The maximum absolute atomic E-state index is 13.7. The highest BCUT2D eigenvalue weighted by atomic mass is 16.5. The van der Waals surface area contributed by atoms with E-state index < -0.39 is 23.6 Å². The number of nitrogens with zero attached hydrogens (tertiary/aromatic N) is 6. The SMILES string of the molecule is Cc1cc(OCCCNC(=O)[C@@H]2C[C@@H](O)CN2C(=O)[C@@H](n2cc(C3CC3)nn2)C(C)(C)C)n(C)n1. The summed E-state index contributed by atoms with van der Waals surface area (Å²) in [5.41, 5.74) is 1.33. The minimum absolute atomic E-state index is 0.122. The van der Waals surface area contributed by atoms with Crippen LogP contribution in [-0.2, 0) is 16.6 Å². The Morgan fingerprint density at radius 3 is 2.69 bits per heavy atom. The first kappa shape index (κ1) is 25.2. The van der Waals surface area contributed by atoms with E-state index in [4.69, 9.17) is 4.74 Å². The quantitative estimate of drug-likeness (QED) is 0.511. The number of hydrogen-bond acceptors (Lipinski definition) is 7. The molecule has 1 aliphatic heterocycles. The molecule has 11 nitrogen and oxygen atoms in total. The van der Waals surface area contributed by atoms with E-state index >= 15 is 0 Å². The van der Waals surface area contributed by atoms with Crippen LogP contribution in [0.5, 0.6) is 5.88 Å². The van der Waals surface area contributed by atoms with Crippen LogP contribution >= 0.6 is 0 Å². The first-order valence-corrected chi connectivity index (χ1v) is 12.4. The van der Waals surface area contributed by atoms with E-state index in [1.165, 1.54) is 4.90 Å². The second-order valence-electron chi connectivity index (χ2n) is 10.8. The molecule has 1 saturated heterocycles. The molecule has 2 aromatic heterocycles. The minimum atomic E-state index is -0.746. The number of carbonyl (C=O) groups is 2. The van der Waals surface area contributed by atoms with Crippen molar-refractivity contribution < 1.29 is 19.4 Å². The molecule has 2 fully saturated rings. The summed E-state index contributed by atoms with van der Waals surface area (Å²) < 4.78 is 9.02. The van der Waals surface area contributed by atoms with E-state index in [9.17, 15) is 14.7 Å². The van der Waals surface area contributed by atoms with Crippen LogP contribution in [0, 0.1) is 12.3 Å². The van der Waals surface area contributed by atoms with Gasteiger partial charge in [-0.15, -0.1) is 5.10 Å². The van der Waals surface area contributed by atoms with E-state index in [1.54, 1.807) is 9.36 Å². The Morgan fingerprint density at radius 2 is 2.06 bits per heavy atom. The van der Waals surface area contributed by atoms with Crippen molar-refractivity contribution in [3.8, 4) is 5.88 Å². The van der Waals surface area contributed by atoms with Crippen molar-refractivity contribution in [1.29, 1.82) is 0 Å². The fraction of sp³-hybridized carbons (Fsp3) is 0.708. The molecule has 0 spiro atoms. The number of aromatic nitrogens is 5.